The van der Waals surface area contributed by atoms with E-state index in [-0.39, 0.29) is 5.41 Å². The van der Waals surface area contributed by atoms with Crippen molar-refractivity contribution < 1.29 is 5.11 Å². The highest BCUT2D eigenvalue weighted by Gasteiger charge is 2.24. The van der Waals surface area contributed by atoms with Crippen LogP contribution in [0.5, 0.6) is 0 Å². The summed E-state index contributed by atoms with van der Waals surface area (Å²) in [6.45, 7) is 8.03. The van der Waals surface area contributed by atoms with Gasteiger partial charge in [-0.3, -0.25) is 0 Å². The van der Waals surface area contributed by atoms with Gasteiger partial charge in [-0.25, -0.2) is 0 Å². The fourth-order valence-corrected chi connectivity index (χ4v) is 2.95. The second-order valence-electron chi connectivity index (χ2n) is 5.10. The molecule has 1 heterocycles. The van der Waals surface area contributed by atoms with Gasteiger partial charge in [-0.1, -0.05) is 20.8 Å². The van der Waals surface area contributed by atoms with E-state index >= 15 is 0 Å². The van der Waals surface area contributed by atoms with Crippen LogP contribution in [0.2, 0.25) is 0 Å². The van der Waals surface area contributed by atoms with E-state index < -0.39 is 0 Å². The minimum absolute atomic E-state index is 0.227. The lowest BCUT2D eigenvalue weighted by molar-refractivity contribution is 0.203. The van der Waals surface area contributed by atoms with Gasteiger partial charge in [0.1, 0.15) is 0 Å². The first-order valence-corrected chi connectivity index (χ1v) is 6.54. The first-order chi connectivity index (χ1) is 6.53. The van der Waals surface area contributed by atoms with E-state index in [1.165, 1.54) is 12.2 Å². The summed E-state index contributed by atoms with van der Waals surface area (Å²) in [6, 6.07) is 0.688. The van der Waals surface area contributed by atoms with Gasteiger partial charge >= 0.3 is 0 Å². The van der Waals surface area contributed by atoms with Crippen LogP contribution in [-0.2, 0) is 0 Å². The predicted octanol–water partition coefficient (Wildman–Crippen LogP) is 1.88. The summed E-state index contributed by atoms with van der Waals surface area (Å²) < 4.78 is 0. The Morgan fingerprint density at radius 1 is 1.50 bits per heavy atom. The van der Waals surface area contributed by atoms with Crippen molar-refractivity contribution in [3.63, 3.8) is 0 Å². The summed E-state index contributed by atoms with van der Waals surface area (Å²) in [7, 11) is 0. The Balaban J connectivity index is 2.19. The Morgan fingerprint density at radius 2 is 2.21 bits per heavy atom. The van der Waals surface area contributed by atoms with Crippen LogP contribution in [0.3, 0.4) is 0 Å². The van der Waals surface area contributed by atoms with Gasteiger partial charge in [-0.2, -0.15) is 11.8 Å². The van der Waals surface area contributed by atoms with E-state index in [0.717, 1.165) is 18.2 Å². The molecule has 2 unspecified atom stereocenters. The lowest BCUT2D eigenvalue weighted by Gasteiger charge is -2.26. The zero-order valence-electron chi connectivity index (χ0n) is 9.55. The van der Waals surface area contributed by atoms with Gasteiger partial charge in [0, 0.05) is 30.2 Å². The molecule has 0 saturated carbocycles. The van der Waals surface area contributed by atoms with Crippen molar-refractivity contribution in [3.8, 4) is 0 Å². The van der Waals surface area contributed by atoms with Gasteiger partial charge in [-0.15, -0.1) is 0 Å². The van der Waals surface area contributed by atoms with Gasteiger partial charge < -0.3 is 10.4 Å². The molecule has 0 aromatic carbocycles. The quantitative estimate of drug-likeness (QED) is 0.737. The number of rotatable bonds is 5. The Labute approximate surface area is 91.9 Å². The molecule has 0 radical (unpaired) electrons. The summed E-state index contributed by atoms with van der Waals surface area (Å²) in [5, 5.41) is 13.3. The lowest BCUT2D eigenvalue weighted by Crippen LogP contribution is -2.37. The summed E-state index contributed by atoms with van der Waals surface area (Å²) in [4.78, 5) is 0. The third kappa shape index (κ3) is 4.20. The Bertz CT molecular complexity index is 173. The maximum absolute atomic E-state index is 8.90. The molecule has 0 amide bonds. The van der Waals surface area contributed by atoms with Crippen LogP contribution >= 0.6 is 11.8 Å². The largest absolute Gasteiger partial charge is 0.396 e. The molecule has 1 rings (SSSR count). The van der Waals surface area contributed by atoms with Gasteiger partial charge in [0.05, 0.1) is 0 Å². The van der Waals surface area contributed by atoms with Crippen molar-refractivity contribution in [2.45, 2.75) is 44.9 Å². The standard InChI is InChI=1S/C11H23NOS/c1-9-6-10(7-14-9)12-8-11(2,3)4-5-13/h9-10,12-13H,4-8H2,1-3H3. The van der Waals surface area contributed by atoms with Crippen LogP contribution < -0.4 is 5.32 Å². The molecule has 0 aromatic rings. The molecule has 1 fully saturated rings. The first kappa shape index (κ1) is 12.3. The van der Waals surface area contributed by atoms with E-state index in [1.807, 2.05) is 0 Å². The normalized spacial score (nSPS) is 28.3. The smallest absolute Gasteiger partial charge is 0.0436 e. The minimum Gasteiger partial charge on any atom is -0.396 e. The van der Waals surface area contributed by atoms with E-state index in [9.17, 15) is 0 Å². The van der Waals surface area contributed by atoms with E-state index in [0.29, 0.717) is 12.6 Å². The van der Waals surface area contributed by atoms with Crippen molar-refractivity contribution in [1.29, 1.82) is 0 Å². The van der Waals surface area contributed by atoms with Crippen LogP contribution in [0, 0.1) is 5.41 Å². The molecule has 84 valence electrons. The molecule has 0 aromatic heterocycles. The van der Waals surface area contributed by atoms with Crippen molar-refractivity contribution in [1.82, 2.24) is 5.32 Å². The maximum Gasteiger partial charge on any atom is 0.0436 e. The SMILES string of the molecule is CC1CC(NCC(C)(C)CCO)CS1. The molecule has 0 bridgehead atoms. The van der Waals surface area contributed by atoms with Crippen molar-refractivity contribution >= 4 is 11.8 Å². The molecule has 1 saturated heterocycles. The number of hydrogen-bond donors (Lipinski definition) is 2. The topological polar surface area (TPSA) is 32.3 Å². The zero-order chi connectivity index (χ0) is 10.6. The summed E-state index contributed by atoms with van der Waals surface area (Å²) in [5.74, 6) is 1.25. The number of nitrogens with one attached hydrogen (secondary N) is 1. The van der Waals surface area contributed by atoms with Gasteiger partial charge in [0.15, 0.2) is 0 Å². The van der Waals surface area contributed by atoms with Crippen molar-refractivity contribution in [3.05, 3.63) is 0 Å². The molecular formula is C11H23NOS. The fourth-order valence-electron chi connectivity index (χ4n) is 1.77. The van der Waals surface area contributed by atoms with Crippen LogP contribution in [0.1, 0.15) is 33.6 Å². The average molecular weight is 217 g/mol. The fraction of sp³-hybridized carbons (Fsp3) is 1.00. The Morgan fingerprint density at radius 3 is 2.71 bits per heavy atom. The number of aliphatic hydroxyl groups excluding tert-OH is 1. The molecule has 2 nitrogen and oxygen atoms in total. The molecule has 1 aliphatic rings. The second-order valence-corrected chi connectivity index (χ2v) is 6.57. The van der Waals surface area contributed by atoms with Crippen LogP contribution in [0.4, 0.5) is 0 Å². The van der Waals surface area contributed by atoms with E-state index in [4.69, 9.17) is 5.11 Å². The van der Waals surface area contributed by atoms with Crippen molar-refractivity contribution in [2.24, 2.45) is 5.41 Å². The number of thioether (sulfide) groups is 1. The molecule has 2 atom stereocenters. The number of aliphatic hydroxyl groups is 1. The first-order valence-electron chi connectivity index (χ1n) is 5.49. The van der Waals surface area contributed by atoms with Gasteiger partial charge in [0.25, 0.3) is 0 Å². The molecule has 1 aliphatic heterocycles. The van der Waals surface area contributed by atoms with Gasteiger partial charge in [-0.05, 0) is 18.3 Å². The molecule has 2 N–H and O–H groups in total. The zero-order valence-corrected chi connectivity index (χ0v) is 10.4. The summed E-state index contributed by atoms with van der Waals surface area (Å²) in [5.41, 5.74) is 0.227. The highest BCUT2D eigenvalue weighted by Crippen LogP contribution is 2.27. The Hall–Kier alpha value is 0.270. The molecule has 3 heteroatoms. The summed E-state index contributed by atoms with van der Waals surface area (Å²) >= 11 is 2.06. The third-order valence-corrected chi connectivity index (χ3v) is 4.21. The highest BCUT2D eigenvalue weighted by molar-refractivity contribution is 8.00. The molecule has 14 heavy (non-hydrogen) atoms. The second kappa shape index (κ2) is 5.38. The Kier molecular flexibility index (Phi) is 4.74. The van der Waals surface area contributed by atoms with Gasteiger partial charge in [0.2, 0.25) is 0 Å². The minimum atomic E-state index is 0.227. The molecule has 0 spiro atoms. The van der Waals surface area contributed by atoms with Crippen LogP contribution in [0.25, 0.3) is 0 Å². The molecule has 0 aliphatic carbocycles. The van der Waals surface area contributed by atoms with Crippen LogP contribution in [0.15, 0.2) is 0 Å². The van der Waals surface area contributed by atoms with E-state index in [2.05, 4.69) is 37.8 Å². The monoisotopic (exact) mass is 217 g/mol. The maximum atomic E-state index is 8.90. The van der Waals surface area contributed by atoms with E-state index in [1.54, 1.807) is 0 Å². The van der Waals surface area contributed by atoms with Crippen LogP contribution in [-0.4, -0.2) is 35.3 Å². The highest BCUT2D eigenvalue weighted by atomic mass is 32.2. The lowest BCUT2D eigenvalue weighted by atomic mass is 9.89. The predicted molar refractivity (Wildman–Crippen MR) is 63.8 cm³/mol. The number of hydrogen-bond acceptors (Lipinski definition) is 3. The molecular weight excluding hydrogens is 194 g/mol. The third-order valence-electron chi connectivity index (χ3n) is 2.86. The average Bonchev–Trinajstić information content (AvgIpc) is 2.48. The summed E-state index contributed by atoms with van der Waals surface area (Å²) in [6.07, 6.45) is 2.18. The van der Waals surface area contributed by atoms with Crippen molar-refractivity contribution in [2.75, 3.05) is 18.9 Å².